The normalized spacial score (nSPS) is 11.6. The van der Waals surface area contributed by atoms with Gasteiger partial charge in [0.25, 0.3) is 0 Å². The van der Waals surface area contributed by atoms with E-state index in [1.54, 1.807) is 0 Å². The van der Waals surface area contributed by atoms with Gasteiger partial charge in [-0.15, -0.1) is 0 Å². The van der Waals surface area contributed by atoms with Crippen LogP contribution in [0.3, 0.4) is 0 Å². The molecule has 45 heavy (non-hydrogen) atoms. The molecule has 0 radical (unpaired) electrons. The number of nitrogens with zero attached hydrogens (tertiary/aromatic N) is 1. The number of benzene rings is 7. The highest BCUT2D eigenvalue weighted by atomic mass is 16.3. The first-order chi connectivity index (χ1) is 22.3. The third-order valence-corrected chi connectivity index (χ3v) is 8.83. The van der Waals surface area contributed by atoms with Crippen molar-refractivity contribution < 1.29 is 4.42 Å². The average molecular weight is 574 g/mol. The molecule has 2 aromatic heterocycles. The van der Waals surface area contributed by atoms with E-state index >= 15 is 0 Å². The van der Waals surface area contributed by atoms with E-state index in [1.165, 1.54) is 27.6 Å². The van der Waals surface area contributed by atoms with Gasteiger partial charge in [0.1, 0.15) is 11.2 Å². The summed E-state index contributed by atoms with van der Waals surface area (Å²) in [5.74, 6) is 0. The number of fused-ring (bicyclic) bond motifs is 7. The van der Waals surface area contributed by atoms with Crippen molar-refractivity contribution >= 4 is 43.6 Å². The van der Waals surface area contributed by atoms with Crippen molar-refractivity contribution in [1.29, 1.82) is 0 Å². The van der Waals surface area contributed by atoms with E-state index in [9.17, 15) is 0 Å². The second-order valence-corrected chi connectivity index (χ2v) is 11.5. The minimum atomic E-state index is 0.878. The topological polar surface area (TPSA) is 26.0 Å². The number of furan rings is 1. The fourth-order valence-corrected chi connectivity index (χ4v) is 6.75. The van der Waals surface area contributed by atoms with Gasteiger partial charge in [0.2, 0.25) is 0 Å². The van der Waals surface area contributed by atoms with Crippen molar-refractivity contribution in [2.75, 3.05) is 0 Å². The maximum atomic E-state index is 6.81. The highest BCUT2D eigenvalue weighted by Gasteiger charge is 2.19. The molecule has 0 saturated heterocycles. The molecule has 9 rings (SSSR count). The van der Waals surface area contributed by atoms with Gasteiger partial charge in [-0.3, -0.25) is 0 Å². The van der Waals surface area contributed by atoms with Crippen LogP contribution in [-0.2, 0) is 0 Å². The zero-order valence-electron chi connectivity index (χ0n) is 24.4. The van der Waals surface area contributed by atoms with Crippen molar-refractivity contribution in [1.82, 2.24) is 4.98 Å². The van der Waals surface area contributed by atoms with Crippen LogP contribution in [0.5, 0.6) is 0 Å². The molecule has 9 aromatic rings. The Hall–Kier alpha value is -5.99. The third kappa shape index (κ3) is 4.22. The molecule has 0 aliphatic heterocycles. The van der Waals surface area contributed by atoms with Gasteiger partial charge in [-0.2, -0.15) is 0 Å². The maximum absolute atomic E-state index is 6.81. The summed E-state index contributed by atoms with van der Waals surface area (Å²) in [7, 11) is 0. The fourth-order valence-electron chi connectivity index (χ4n) is 6.75. The summed E-state index contributed by atoms with van der Waals surface area (Å²) in [4.78, 5) is 5.16. The van der Waals surface area contributed by atoms with Gasteiger partial charge < -0.3 is 4.42 Å². The Balaban J connectivity index is 1.35. The highest BCUT2D eigenvalue weighted by Crippen LogP contribution is 2.44. The number of hydrogen-bond donors (Lipinski definition) is 0. The van der Waals surface area contributed by atoms with Gasteiger partial charge in [0.05, 0.1) is 11.2 Å². The molecule has 0 bridgehead atoms. The van der Waals surface area contributed by atoms with Gasteiger partial charge in [-0.25, -0.2) is 4.98 Å². The number of rotatable bonds is 4. The quantitative estimate of drug-likeness (QED) is 0.196. The lowest BCUT2D eigenvalue weighted by Gasteiger charge is -2.12. The molecule has 0 aliphatic carbocycles. The van der Waals surface area contributed by atoms with Crippen LogP contribution < -0.4 is 0 Å². The van der Waals surface area contributed by atoms with E-state index in [0.717, 1.165) is 60.6 Å². The first kappa shape index (κ1) is 25.5. The summed E-state index contributed by atoms with van der Waals surface area (Å²) in [6.07, 6.45) is 0. The van der Waals surface area contributed by atoms with Crippen molar-refractivity contribution in [3.8, 4) is 44.6 Å². The van der Waals surface area contributed by atoms with Crippen molar-refractivity contribution in [2.24, 2.45) is 0 Å². The summed E-state index contributed by atoms with van der Waals surface area (Å²) >= 11 is 0. The minimum absolute atomic E-state index is 0.878. The highest BCUT2D eigenvalue weighted by molar-refractivity contribution is 6.29. The largest absolute Gasteiger partial charge is 0.455 e. The Morgan fingerprint density at radius 3 is 1.64 bits per heavy atom. The first-order valence-electron chi connectivity index (χ1n) is 15.3. The van der Waals surface area contributed by atoms with Crippen LogP contribution in [0, 0.1) is 0 Å². The zero-order valence-corrected chi connectivity index (χ0v) is 24.4. The molecular weight excluding hydrogens is 546 g/mol. The molecule has 2 nitrogen and oxygen atoms in total. The molecule has 2 heteroatoms. The maximum Gasteiger partial charge on any atom is 0.143 e. The van der Waals surface area contributed by atoms with E-state index in [-0.39, 0.29) is 0 Å². The molecular formula is C43H27NO. The Morgan fingerprint density at radius 1 is 0.378 bits per heavy atom. The molecule has 0 N–H and O–H groups in total. The Morgan fingerprint density at radius 2 is 0.956 bits per heavy atom. The van der Waals surface area contributed by atoms with Crippen LogP contribution in [0.4, 0.5) is 0 Å². The van der Waals surface area contributed by atoms with Gasteiger partial charge >= 0.3 is 0 Å². The van der Waals surface area contributed by atoms with Crippen LogP contribution >= 0.6 is 0 Å². The second kappa shape index (κ2) is 10.3. The van der Waals surface area contributed by atoms with E-state index in [4.69, 9.17) is 9.40 Å². The molecule has 2 heterocycles. The predicted molar refractivity (Wildman–Crippen MR) is 188 cm³/mol. The number of hydrogen-bond acceptors (Lipinski definition) is 2. The molecule has 0 atom stereocenters. The summed E-state index contributed by atoms with van der Waals surface area (Å²) in [5.41, 5.74) is 11.8. The predicted octanol–water partition coefficient (Wildman–Crippen LogP) is 12.0. The van der Waals surface area contributed by atoms with Crippen LogP contribution in [0.15, 0.2) is 168 Å². The molecule has 0 unspecified atom stereocenters. The summed E-state index contributed by atoms with van der Waals surface area (Å²) in [6, 6.07) is 57.8. The average Bonchev–Trinajstić information content (AvgIpc) is 3.51. The lowest BCUT2D eigenvalue weighted by Crippen LogP contribution is -1.90. The van der Waals surface area contributed by atoms with Gasteiger partial charge in [-0.05, 0) is 64.2 Å². The second-order valence-electron chi connectivity index (χ2n) is 11.5. The van der Waals surface area contributed by atoms with Crippen LogP contribution in [0.1, 0.15) is 0 Å². The first-order valence-corrected chi connectivity index (χ1v) is 15.3. The monoisotopic (exact) mass is 573 g/mol. The summed E-state index contributed by atoms with van der Waals surface area (Å²) in [6.45, 7) is 0. The summed E-state index contributed by atoms with van der Waals surface area (Å²) < 4.78 is 6.81. The molecule has 0 aliphatic rings. The van der Waals surface area contributed by atoms with E-state index < -0.39 is 0 Å². The van der Waals surface area contributed by atoms with E-state index in [0.29, 0.717) is 0 Å². The smallest absolute Gasteiger partial charge is 0.143 e. The third-order valence-electron chi connectivity index (χ3n) is 8.83. The number of para-hydroxylation sites is 2. The lowest BCUT2D eigenvalue weighted by atomic mass is 9.92. The lowest BCUT2D eigenvalue weighted by molar-refractivity contribution is 0.670. The van der Waals surface area contributed by atoms with Crippen molar-refractivity contribution in [3.05, 3.63) is 164 Å². The van der Waals surface area contributed by atoms with E-state index in [2.05, 4.69) is 158 Å². The molecule has 210 valence electrons. The van der Waals surface area contributed by atoms with Crippen LogP contribution in [0.25, 0.3) is 88.3 Å². The van der Waals surface area contributed by atoms with Gasteiger partial charge in [-0.1, -0.05) is 127 Å². The summed E-state index contributed by atoms with van der Waals surface area (Å²) in [5, 5.41) is 5.66. The van der Waals surface area contributed by atoms with Crippen molar-refractivity contribution in [3.63, 3.8) is 0 Å². The van der Waals surface area contributed by atoms with E-state index in [1.807, 2.05) is 6.07 Å². The molecule has 0 spiro atoms. The molecule has 7 aromatic carbocycles. The van der Waals surface area contributed by atoms with Gasteiger partial charge in [0, 0.05) is 38.1 Å². The van der Waals surface area contributed by atoms with Gasteiger partial charge in [0.15, 0.2) is 0 Å². The molecule has 0 fully saturated rings. The Labute approximate surface area is 260 Å². The molecule has 0 saturated carbocycles. The number of pyridine rings is 1. The van der Waals surface area contributed by atoms with Crippen LogP contribution in [0.2, 0.25) is 0 Å². The zero-order chi connectivity index (χ0) is 29.7. The number of aromatic nitrogens is 1. The Kier molecular flexibility index (Phi) is 5.85. The molecule has 0 amide bonds. The standard InChI is InChI=1S/C43H27NO/c1-4-13-28(14-5-1)31-25-32(29-15-6-2-7-16-29)27-33(26-31)34-20-12-21-37-41-39(45-43(34)37)24-23-36-40(41)35-19-10-11-22-38(35)44-42(36)30-17-8-3-9-18-30/h1-27H. The minimum Gasteiger partial charge on any atom is -0.455 e. The Bertz CT molecular complexity index is 2460. The fraction of sp³-hybridized carbons (Fsp3) is 0. The van der Waals surface area contributed by atoms with Crippen molar-refractivity contribution in [2.45, 2.75) is 0 Å². The SMILES string of the molecule is c1ccc(-c2cc(-c3ccccc3)cc(-c3cccc4c3oc3ccc5c(-c6ccccc6)nc6ccccc6c5c34)c2)cc1. The van der Waals surface area contributed by atoms with Crippen LogP contribution in [-0.4, -0.2) is 4.98 Å².